The van der Waals surface area contributed by atoms with E-state index in [2.05, 4.69) is 26.2 Å². The first-order chi connectivity index (χ1) is 8.60. The third kappa shape index (κ3) is 2.73. The third-order valence-electron chi connectivity index (χ3n) is 2.21. The summed E-state index contributed by atoms with van der Waals surface area (Å²) in [6, 6.07) is 8.91. The number of nitriles is 1. The van der Waals surface area contributed by atoms with E-state index in [-0.39, 0.29) is 0 Å². The molecular weight excluding hydrogens is 316 g/mol. The Bertz CT molecular complexity index is 636. The maximum Gasteiger partial charge on any atom is 0.148 e. The minimum atomic E-state index is 0.386. The van der Waals surface area contributed by atoms with Crippen molar-refractivity contribution in [3.63, 3.8) is 0 Å². The predicted octanol–water partition coefficient (Wildman–Crippen LogP) is 3.69. The minimum Gasteiger partial charge on any atom is -0.397 e. The molecule has 1 aromatic heterocycles. The van der Waals surface area contributed by atoms with E-state index in [0.29, 0.717) is 22.1 Å². The summed E-state index contributed by atoms with van der Waals surface area (Å²) >= 11 is 9.24. The molecule has 18 heavy (non-hydrogen) atoms. The Morgan fingerprint density at radius 1 is 1.39 bits per heavy atom. The summed E-state index contributed by atoms with van der Waals surface area (Å²) in [5.74, 6) is 0.453. The summed E-state index contributed by atoms with van der Waals surface area (Å²) in [7, 11) is 0. The molecule has 1 heterocycles. The molecule has 0 unspecified atom stereocenters. The van der Waals surface area contributed by atoms with Gasteiger partial charge < -0.3 is 11.1 Å². The Morgan fingerprint density at radius 3 is 2.83 bits per heavy atom. The van der Waals surface area contributed by atoms with Crippen molar-refractivity contribution in [3.05, 3.63) is 45.5 Å². The number of aromatic nitrogens is 1. The van der Waals surface area contributed by atoms with Crippen molar-refractivity contribution >= 4 is 44.7 Å². The quantitative estimate of drug-likeness (QED) is 0.883. The fraction of sp³-hybridized carbons (Fsp3) is 0. The number of hydrogen-bond acceptors (Lipinski definition) is 4. The zero-order chi connectivity index (χ0) is 13.1. The number of nitrogens with one attached hydrogen (secondary N) is 1. The number of halogens is 2. The Balaban J connectivity index is 2.37. The molecular formula is C12H8BrClN4. The Morgan fingerprint density at radius 2 is 2.17 bits per heavy atom. The van der Waals surface area contributed by atoms with Crippen LogP contribution in [0.2, 0.25) is 5.02 Å². The Hall–Kier alpha value is -1.77. The maximum atomic E-state index is 9.02. The van der Waals surface area contributed by atoms with Gasteiger partial charge in [0.25, 0.3) is 0 Å². The van der Waals surface area contributed by atoms with Gasteiger partial charge >= 0.3 is 0 Å². The molecule has 0 radical (unpaired) electrons. The molecule has 0 spiro atoms. The molecule has 0 aliphatic rings. The SMILES string of the molecule is N#Cc1cc(N)cnc1Nc1ccc(Cl)cc1Br. The summed E-state index contributed by atoms with van der Waals surface area (Å²) < 4.78 is 0.789. The lowest BCUT2D eigenvalue weighted by molar-refractivity contribution is 1.28. The largest absolute Gasteiger partial charge is 0.397 e. The summed E-state index contributed by atoms with van der Waals surface area (Å²) in [4.78, 5) is 4.10. The molecule has 2 aromatic rings. The second-order valence-corrected chi connectivity index (χ2v) is 4.82. The van der Waals surface area contributed by atoms with Gasteiger partial charge in [0.05, 0.1) is 23.1 Å². The number of nitrogens with zero attached hydrogens (tertiary/aromatic N) is 2. The molecule has 2 rings (SSSR count). The van der Waals surface area contributed by atoms with Gasteiger partial charge in [0.2, 0.25) is 0 Å². The van der Waals surface area contributed by atoms with Crippen LogP contribution in [0.15, 0.2) is 34.9 Å². The van der Waals surface area contributed by atoms with Crippen LogP contribution in [0.25, 0.3) is 0 Å². The van der Waals surface area contributed by atoms with Gasteiger partial charge in [-0.25, -0.2) is 4.98 Å². The molecule has 0 aliphatic heterocycles. The van der Waals surface area contributed by atoms with E-state index in [9.17, 15) is 0 Å². The normalized spacial score (nSPS) is 9.83. The lowest BCUT2D eigenvalue weighted by Crippen LogP contribution is -1.99. The number of rotatable bonds is 2. The number of anilines is 3. The van der Waals surface area contributed by atoms with Crippen LogP contribution in [0.4, 0.5) is 17.2 Å². The van der Waals surface area contributed by atoms with E-state index in [1.807, 2.05) is 6.07 Å². The lowest BCUT2D eigenvalue weighted by atomic mass is 10.2. The van der Waals surface area contributed by atoms with Gasteiger partial charge in [-0.1, -0.05) is 11.6 Å². The van der Waals surface area contributed by atoms with Crippen LogP contribution < -0.4 is 11.1 Å². The van der Waals surface area contributed by atoms with E-state index in [0.717, 1.165) is 10.2 Å². The molecule has 1 aromatic carbocycles. The summed E-state index contributed by atoms with van der Waals surface area (Å²) in [5, 5.41) is 12.7. The highest BCUT2D eigenvalue weighted by atomic mass is 79.9. The Labute approximate surface area is 118 Å². The van der Waals surface area contributed by atoms with Crippen LogP contribution in [0.3, 0.4) is 0 Å². The van der Waals surface area contributed by atoms with Gasteiger partial charge in [0, 0.05) is 9.50 Å². The van der Waals surface area contributed by atoms with Crippen molar-refractivity contribution in [3.8, 4) is 6.07 Å². The van der Waals surface area contributed by atoms with Crippen LogP contribution in [-0.2, 0) is 0 Å². The second-order valence-electron chi connectivity index (χ2n) is 3.53. The van der Waals surface area contributed by atoms with Crippen molar-refractivity contribution in [1.29, 1.82) is 5.26 Å². The van der Waals surface area contributed by atoms with E-state index in [4.69, 9.17) is 22.6 Å². The van der Waals surface area contributed by atoms with Gasteiger partial charge in [-0.15, -0.1) is 0 Å². The number of pyridine rings is 1. The second kappa shape index (κ2) is 5.25. The van der Waals surface area contributed by atoms with Gasteiger partial charge in [0.1, 0.15) is 11.9 Å². The Kier molecular flexibility index (Phi) is 3.70. The van der Waals surface area contributed by atoms with E-state index >= 15 is 0 Å². The monoisotopic (exact) mass is 322 g/mol. The first kappa shape index (κ1) is 12.7. The molecule has 0 saturated heterocycles. The lowest BCUT2D eigenvalue weighted by Gasteiger charge is -2.09. The third-order valence-corrected chi connectivity index (χ3v) is 3.10. The number of hydrogen-bond donors (Lipinski definition) is 2. The molecule has 0 saturated carbocycles. The summed E-state index contributed by atoms with van der Waals surface area (Å²) in [6.45, 7) is 0. The van der Waals surface area contributed by atoms with E-state index < -0.39 is 0 Å². The first-order valence-electron chi connectivity index (χ1n) is 4.98. The smallest absolute Gasteiger partial charge is 0.148 e. The number of benzene rings is 1. The molecule has 0 fully saturated rings. The molecule has 90 valence electrons. The summed E-state index contributed by atoms with van der Waals surface area (Å²) in [6.07, 6.45) is 1.49. The highest BCUT2D eigenvalue weighted by Crippen LogP contribution is 2.29. The predicted molar refractivity (Wildman–Crippen MR) is 75.8 cm³/mol. The van der Waals surface area contributed by atoms with Crippen LogP contribution >= 0.6 is 27.5 Å². The van der Waals surface area contributed by atoms with Gasteiger partial charge in [-0.2, -0.15) is 5.26 Å². The molecule has 0 amide bonds. The van der Waals surface area contributed by atoms with Crippen molar-refractivity contribution in [2.75, 3.05) is 11.1 Å². The van der Waals surface area contributed by atoms with Gasteiger partial charge in [-0.3, -0.25) is 0 Å². The van der Waals surface area contributed by atoms with E-state index in [1.54, 1.807) is 24.3 Å². The minimum absolute atomic E-state index is 0.386. The standard InChI is InChI=1S/C12H8BrClN4/c13-10-4-8(14)1-2-11(10)18-12-7(5-15)3-9(16)6-17-12/h1-4,6H,16H2,(H,17,18). The molecule has 0 aliphatic carbocycles. The fourth-order valence-electron chi connectivity index (χ4n) is 1.38. The fourth-order valence-corrected chi connectivity index (χ4v) is 2.17. The van der Waals surface area contributed by atoms with Crippen molar-refractivity contribution in [2.24, 2.45) is 0 Å². The van der Waals surface area contributed by atoms with Crippen molar-refractivity contribution in [2.45, 2.75) is 0 Å². The molecule has 3 N–H and O–H groups in total. The number of nitrogen functional groups attached to an aromatic ring is 1. The van der Waals surface area contributed by atoms with Gasteiger partial charge in [-0.05, 0) is 40.2 Å². The highest BCUT2D eigenvalue weighted by molar-refractivity contribution is 9.10. The zero-order valence-electron chi connectivity index (χ0n) is 9.11. The van der Waals surface area contributed by atoms with Crippen LogP contribution in [0.5, 0.6) is 0 Å². The van der Waals surface area contributed by atoms with Gasteiger partial charge in [0.15, 0.2) is 0 Å². The molecule has 4 nitrogen and oxygen atoms in total. The average Bonchev–Trinajstić information content (AvgIpc) is 2.34. The number of nitrogens with two attached hydrogens (primary N) is 1. The van der Waals surface area contributed by atoms with E-state index in [1.165, 1.54) is 6.20 Å². The molecule has 6 heteroatoms. The molecule has 0 atom stereocenters. The maximum absolute atomic E-state index is 9.02. The average molecular weight is 324 g/mol. The highest BCUT2D eigenvalue weighted by Gasteiger charge is 2.07. The summed E-state index contributed by atoms with van der Waals surface area (Å²) in [5.41, 5.74) is 7.19. The molecule has 0 bridgehead atoms. The van der Waals surface area contributed by atoms with Crippen LogP contribution in [0, 0.1) is 11.3 Å². The van der Waals surface area contributed by atoms with Crippen molar-refractivity contribution < 1.29 is 0 Å². The zero-order valence-corrected chi connectivity index (χ0v) is 11.5. The topological polar surface area (TPSA) is 74.7 Å². The first-order valence-corrected chi connectivity index (χ1v) is 6.15. The van der Waals surface area contributed by atoms with Crippen molar-refractivity contribution in [1.82, 2.24) is 4.98 Å². The van der Waals surface area contributed by atoms with Crippen LogP contribution in [0.1, 0.15) is 5.56 Å². The van der Waals surface area contributed by atoms with Crippen LogP contribution in [-0.4, -0.2) is 4.98 Å².